The predicted octanol–water partition coefficient (Wildman–Crippen LogP) is 1.24. The number of hydrogen-bond acceptors (Lipinski definition) is 5. The summed E-state index contributed by atoms with van der Waals surface area (Å²) in [5, 5.41) is 11.6. The first kappa shape index (κ1) is 18.7. The maximum atomic E-state index is 12.0. The smallest absolute Gasteiger partial charge is 0.235 e. The van der Waals surface area contributed by atoms with Crippen molar-refractivity contribution in [3.63, 3.8) is 0 Å². The van der Waals surface area contributed by atoms with E-state index in [9.17, 15) is 13.2 Å². The number of carbonyl (C=O) groups is 1. The number of benzene rings is 1. The molecule has 0 saturated heterocycles. The molecular formula is C18H19N5O3S. The molecule has 0 radical (unpaired) electrons. The van der Waals surface area contributed by atoms with Gasteiger partial charge in [0.05, 0.1) is 13.1 Å². The van der Waals surface area contributed by atoms with Gasteiger partial charge in [0, 0.05) is 11.6 Å². The minimum absolute atomic E-state index is 0.144. The first-order valence-corrected chi connectivity index (χ1v) is 9.77. The van der Waals surface area contributed by atoms with Gasteiger partial charge < -0.3 is 5.32 Å². The Kier molecular flexibility index (Phi) is 5.63. The highest BCUT2D eigenvalue weighted by Crippen LogP contribution is 2.06. The lowest BCUT2D eigenvalue weighted by molar-refractivity contribution is -0.120. The van der Waals surface area contributed by atoms with Gasteiger partial charge in [-0.2, -0.15) is 0 Å². The summed E-state index contributed by atoms with van der Waals surface area (Å²) in [5.41, 5.74) is 2.52. The Balaban J connectivity index is 1.51. The molecular weight excluding hydrogens is 366 g/mol. The Hall–Kier alpha value is -3.04. The molecule has 2 N–H and O–H groups in total. The number of nitrogens with zero attached hydrogens (tertiary/aromatic N) is 3. The minimum Gasteiger partial charge on any atom is -0.348 e. The number of fused-ring (bicyclic) bond motifs is 1. The molecule has 1 aromatic carbocycles. The summed E-state index contributed by atoms with van der Waals surface area (Å²) in [6.07, 6.45) is 3.26. The molecule has 8 nitrogen and oxygen atoms in total. The van der Waals surface area contributed by atoms with Gasteiger partial charge in [0.2, 0.25) is 15.9 Å². The molecule has 3 rings (SSSR count). The summed E-state index contributed by atoms with van der Waals surface area (Å²) in [5.74, 6) is 0.0936. The van der Waals surface area contributed by atoms with E-state index >= 15 is 0 Å². The van der Waals surface area contributed by atoms with Gasteiger partial charge in [-0.1, -0.05) is 35.9 Å². The lowest BCUT2D eigenvalue weighted by Gasteiger charge is -2.05. The molecule has 0 atom stereocenters. The van der Waals surface area contributed by atoms with Crippen LogP contribution in [0, 0.1) is 6.92 Å². The maximum absolute atomic E-state index is 12.0. The largest absolute Gasteiger partial charge is 0.348 e. The van der Waals surface area contributed by atoms with Crippen LogP contribution < -0.4 is 10.0 Å². The number of carbonyl (C=O) groups excluding carboxylic acids is 1. The van der Waals surface area contributed by atoms with E-state index in [1.807, 2.05) is 43.3 Å². The third kappa shape index (κ3) is 5.22. The zero-order valence-corrected chi connectivity index (χ0v) is 15.5. The van der Waals surface area contributed by atoms with Crippen molar-refractivity contribution >= 4 is 27.7 Å². The molecule has 1 amide bonds. The average molecular weight is 385 g/mol. The number of sulfonamides is 1. The van der Waals surface area contributed by atoms with Gasteiger partial charge in [-0.05, 0) is 30.7 Å². The van der Waals surface area contributed by atoms with Crippen molar-refractivity contribution in [2.45, 2.75) is 13.5 Å². The number of aryl methyl sites for hydroxylation is 1. The third-order valence-electron chi connectivity index (χ3n) is 3.78. The van der Waals surface area contributed by atoms with Crippen LogP contribution in [0.1, 0.15) is 17.0 Å². The molecule has 0 spiro atoms. The van der Waals surface area contributed by atoms with E-state index in [1.165, 1.54) is 6.08 Å². The highest BCUT2D eigenvalue weighted by atomic mass is 32.2. The summed E-state index contributed by atoms with van der Waals surface area (Å²) in [4.78, 5) is 11.9. The Morgan fingerprint density at radius 2 is 1.93 bits per heavy atom. The Morgan fingerprint density at radius 3 is 2.70 bits per heavy atom. The summed E-state index contributed by atoms with van der Waals surface area (Å²) < 4.78 is 27.9. The van der Waals surface area contributed by atoms with E-state index in [1.54, 1.807) is 16.7 Å². The van der Waals surface area contributed by atoms with Crippen molar-refractivity contribution in [2.24, 2.45) is 0 Å². The normalized spacial score (nSPS) is 11.9. The molecule has 0 fully saturated rings. The van der Waals surface area contributed by atoms with E-state index in [0.29, 0.717) is 11.5 Å². The quantitative estimate of drug-likeness (QED) is 0.637. The number of aromatic nitrogens is 3. The fraction of sp³-hybridized carbons (Fsp3) is 0.167. The van der Waals surface area contributed by atoms with Crippen LogP contribution in [0.15, 0.2) is 54.1 Å². The number of amides is 1. The molecule has 140 valence electrons. The van der Waals surface area contributed by atoms with Crippen LogP contribution in [-0.4, -0.2) is 35.5 Å². The second-order valence-corrected chi connectivity index (χ2v) is 7.55. The van der Waals surface area contributed by atoms with E-state index in [4.69, 9.17) is 0 Å². The van der Waals surface area contributed by atoms with Crippen molar-refractivity contribution in [3.8, 4) is 0 Å². The molecule has 2 aromatic heterocycles. The zero-order valence-electron chi connectivity index (χ0n) is 14.7. The lowest BCUT2D eigenvalue weighted by Crippen LogP contribution is -2.36. The van der Waals surface area contributed by atoms with E-state index in [2.05, 4.69) is 20.2 Å². The number of pyridine rings is 1. The summed E-state index contributed by atoms with van der Waals surface area (Å²) in [7, 11) is -3.72. The molecule has 0 aliphatic carbocycles. The average Bonchev–Trinajstić information content (AvgIpc) is 3.08. The lowest BCUT2D eigenvalue weighted by atomic mass is 10.2. The minimum atomic E-state index is -3.72. The maximum Gasteiger partial charge on any atom is 0.235 e. The molecule has 27 heavy (non-hydrogen) atoms. The highest BCUT2D eigenvalue weighted by molar-refractivity contribution is 7.92. The molecule has 2 heterocycles. The Labute approximate surface area is 157 Å². The molecule has 0 unspecified atom stereocenters. The van der Waals surface area contributed by atoms with Gasteiger partial charge >= 0.3 is 0 Å². The van der Waals surface area contributed by atoms with Gasteiger partial charge in [0.25, 0.3) is 0 Å². The molecule has 9 heteroatoms. The van der Waals surface area contributed by atoms with Crippen LogP contribution in [0.3, 0.4) is 0 Å². The van der Waals surface area contributed by atoms with Crippen molar-refractivity contribution in [1.29, 1.82) is 0 Å². The molecule has 0 saturated carbocycles. The Bertz CT molecular complexity index is 1070. The molecule has 0 aliphatic rings. The van der Waals surface area contributed by atoms with Crippen LogP contribution in [0.2, 0.25) is 0 Å². The number of nitrogens with one attached hydrogen (secondary N) is 2. The van der Waals surface area contributed by atoms with E-state index in [0.717, 1.165) is 16.5 Å². The Morgan fingerprint density at radius 1 is 1.15 bits per heavy atom. The fourth-order valence-electron chi connectivity index (χ4n) is 2.31. The van der Waals surface area contributed by atoms with Crippen molar-refractivity contribution in [3.05, 3.63) is 71.0 Å². The SMILES string of the molecule is Cc1ccc(/C=C/S(=O)(=O)NCC(=O)NCc2nnc3ccccn23)cc1. The number of hydrogen-bond donors (Lipinski definition) is 2. The number of rotatable bonds is 7. The van der Waals surface area contributed by atoms with E-state index < -0.39 is 15.9 Å². The van der Waals surface area contributed by atoms with Crippen LogP contribution >= 0.6 is 0 Å². The van der Waals surface area contributed by atoms with Crippen molar-refractivity contribution < 1.29 is 13.2 Å². The molecule has 0 aliphatic heterocycles. The third-order valence-corrected chi connectivity index (χ3v) is 4.82. The van der Waals surface area contributed by atoms with Crippen molar-refractivity contribution in [1.82, 2.24) is 24.6 Å². The van der Waals surface area contributed by atoms with E-state index in [-0.39, 0.29) is 13.1 Å². The first-order chi connectivity index (χ1) is 12.9. The standard InChI is InChI=1S/C18H19N5O3S/c1-14-5-7-15(8-6-14)9-11-27(25,26)20-13-18(24)19-12-17-22-21-16-4-2-3-10-23(16)17/h2-11,20H,12-13H2,1H3,(H,19,24)/b11-9+. The monoisotopic (exact) mass is 385 g/mol. The fourth-order valence-corrected chi connectivity index (χ4v) is 3.08. The topological polar surface area (TPSA) is 105 Å². The van der Waals surface area contributed by atoms with Gasteiger partial charge in [-0.25, -0.2) is 13.1 Å². The second-order valence-electron chi connectivity index (χ2n) is 5.90. The summed E-state index contributed by atoms with van der Waals surface area (Å²) in [6.45, 7) is 1.73. The summed E-state index contributed by atoms with van der Waals surface area (Å²) >= 11 is 0. The first-order valence-electron chi connectivity index (χ1n) is 8.23. The molecule has 3 aromatic rings. The van der Waals surface area contributed by atoms with Gasteiger partial charge in [-0.3, -0.25) is 9.20 Å². The predicted molar refractivity (Wildman–Crippen MR) is 102 cm³/mol. The highest BCUT2D eigenvalue weighted by Gasteiger charge is 2.10. The van der Waals surface area contributed by atoms with Crippen LogP contribution in [0.5, 0.6) is 0 Å². The zero-order chi connectivity index (χ0) is 19.3. The van der Waals surface area contributed by atoms with Crippen LogP contribution in [-0.2, 0) is 21.4 Å². The molecule has 0 bridgehead atoms. The van der Waals surface area contributed by atoms with Crippen molar-refractivity contribution in [2.75, 3.05) is 6.54 Å². The van der Waals surface area contributed by atoms with Crippen LogP contribution in [0.4, 0.5) is 0 Å². The second kappa shape index (κ2) is 8.11. The van der Waals surface area contributed by atoms with Gasteiger partial charge in [0.15, 0.2) is 11.5 Å². The summed E-state index contributed by atoms with van der Waals surface area (Å²) in [6, 6.07) is 12.9. The van der Waals surface area contributed by atoms with Gasteiger partial charge in [-0.15, -0.1) is 10.2 Å². The van der Waals surface area contributed by atoms with Crippen LogP contribution in [0.25, 0.3) is 11.7 Å². The van der Waals surface area contributed by atoms with Gasteiger partial charge in [0.1, 0.15) is 0 Å².